The molecule has 1 aliphatic carbocycles. The first kappa shape index (κ1) is 22.7. The van der Waals surface area contributed by atoms with Crippen LogP contribution in [0.3, 0.4) is 0 Å². The predicted molar refractivity (Wildman–Crippen MR) is 136 cm³/mol. The van der Waals surface area contributed by atoms with Gasteiger partial charge in [0.2, 0.25) is 0 Å². The molecule has 1 aliphatic heterocycles. The van der Waals surface area contributed by atoms with E-state index in [1.54, 1.807) is 25.3 Å². The zero-order valence-electron chi connectivity index (χ0n) is 18.3. The van der Waals surface area contributed by atoms with Gasteiger partial charge in [-0.1, -0.05) is 42.0 Å². The highest BCUT2D eigenvalue weighted by Gasteiger charge is 2.39. The Hall–Kier alpha value is -3.03. The number of methoxy groups -OCH3 is 1. The van der Waals surface area contributed by atoms with Crippen molar-refractivity contribution in [1.29, 1.82) is 0 Å². The molecule has 1 N–H and O–H groups in total. The number of ether oxygens (including phenoxy) is 2. The monoisotopic (exact) mass is 540 g/mol. The molecule has 0 aromatic heterocycles. The minimum Gasteiger partial charge on any atom is -0.493 e. The fraction of sp³-hybridized carbons (Fsp3) is 0.231. The first-order valence-electron chi connectivity index (χ1n) is 10.9. The van der Waals surface area contributed by atoms with Crippen molar-refractivity contribution in [3.8, 4) is 11.5 Å². The van der Waals surface area contributed by atoms with E-state index in [1.165, 1.54) is 0 Å². The number of rotatable bonds is 6. The highest BCUT2D eigenvalue weighted by atomic mass is 79.9. The SMILES string of the molecule is COc1cc([C@@H]2Nc3ccc([N+](=O)[O-])cc3[C@@H]3C=CC[C@@H]32)cc(Br)c1OCc1ccccc1Cl. The summed E-state index contributed by atoms with van der Waals surface area (Å²) in [6.45, 7) is 0.316. The van der Waals surface area contributed by atoms with E-state index in [2.05, 4.69) is 33.4 Å². The fourth-order valence-corrected chi connectivity index (χ4v) is 5.61. The zero-order valence-corrected chi connectivity index (χ0v) is 20.7. The minimum absolute atomic E-state index is 0.0109. The summed E-state index contributed by atoms with van der Waals surface area (Å²) in [5, 5.41) is 15.6. The van der Waals surface area contributed by atoms with Gasteiger partial charge in [-0.25, -0.2) is 0 Å². The molecule has 5 rings (SSSR count). The molecule has 0 radical (unpaired) electrons. The fourth-order valence-electron chi connectivity index (χ4n) is 4.85. The summed E-state index contributed by atoms with van der Waals surface area (Å²) in [5.74, 6) is 1.58. The molecule has 2 aliphatic rings. The van der Waals surface area contributed by atoms with Crippen LogP contribution in [0, 0.1) is 16.0 Å². The van der Waals surface area contributed by atoms with Gasteiger partial charge in [0, 0.05) is 34.3 Å². The highest BCUT2D eigenvalue weighted by molar-refractivity contribution is 9.10. The summed E-state index contributed by atoms with van der Waals surface area (Å²) in [5.41, 5.74) is 3.94. The molecule has 3 atom stereocenters. The Morgan fingerprint density at radius 2 is 2.03 bits per heavy atom. The number of nitro benzene ring substituents is 1. The van der Waals surface area contributed by atoms with Gasteiger partial charge < -0.3 is 14.8 Å². The molecular weight excluding hydrogens is 520 g/mol. The molecule has 1 heterocycles. The van der Waals surface area contributed by atoms with Crippen LogP contribution in [0.15, 0.2) is 71.2 Å². The van der Waals surface area contributed by atoms with E-state index in [-0.39, 0.29) is 28.5 Å². The molecule has 3 aromatic carbocycles. The van der Waals surface area contributed by atoms with Crippen molar-refractivity contribution in [2.45, 2.75) is 25.0 Å². The number of anilines is 1. The summed E-state index contributed by atoms with van der Waals surface area (Å²) < 4.78 is 12.6. The van der Waals surface area contributed by atoms with Crippen molar-refractivity contribution in [3.63, 3.8) is 0 Å². The number of benzene rings is 3. The number of allylic oxidation sites excluding steroid dienone is 2. The van der Waals surface area contributed by atoms with Crippen LogP contribution in [-0.2, 0) is 6.61 Å². The smallest absolute Gasteiger partial charge is 0.269 e. The maximum absolute atomic E-state index is 11.3. The van der Waals surface area contributed by atoms with Crippen molar-refractivity contribution < 1.29 is 14.4 Å². The zero-order chi connectivity index (χ0) is 23.8. The maximum atomic E-state index is 11.3. The van der Waals surface area contributed by atoms with Crippen LogP contribution in [0.2, 0.25) is 5.02 Å². The van der Waals surface area contributed by atoms with Crippen LogP contribution >= 0.6 is 27.5 Å². The third kappa shape index (κ3) is 4.14. The maximum Gasteiger partial charge on any atom is 0.269 e. The van der Waals surface area contributed by atoms with Gasteiger partial charge in [0.15, 0.2) is 11.5 Å². The van der Waals surface area contributed by atoms with Crippen molar-refractivity contribution in [3.05, 3.63) is 103 Å². The Morgan fingerprint density at radius 3 is 2.79 bits per heavy atom. The highest BCUT2D eigenvalue weighted by Crippen LogP contribution is 2.52. The number of halogens is 2. The van der Waals surface area contributed by atoms with Gasteiger partial charge in [0.1, 0.15) is 6.61 Å². The van der Waals surface area contributed by atoms with E-state index < -0.39 is 0 Å². The Labute approximate surface area is 210 Å². The number of fused-ring (bicyclic) bond motifs is 3. The van der Waals surface area contributed by atoms with Crippen molar-refractivity contribution in [1.82, 2.24) is 0 Å². The average Bonchev–Trinajstić information content (AvgIpc) is 3.33. The van der Waals surface area contributed by atoms with E-state index in [9.17, 15) is 10.1 Å². The summed E-state index contributed by atoms with van der Waals surface area (Å²) in [6.07, 6.45) is 5.20. The van der Waals surface area contributed by atoms with Crippen LogP contribution in [0.1, 0.15) is 35.1 Å². The molecule has 0 amide bonds. The molecule has 0 bridgehead atoms. The van der Waals surface area contributed by atoms with Gasteiger partial charge >= 0.3 is 0 Å². The Morgan fingerprint density at radius 1 is 1.21 bits per heavy atom. The van der Waals surface area contributed by atoms with Gasteiger partial charge in [0.05, 0.1) is 22.5 Å². The van der Waals surface area contributed by atoms with Crippen LogP contribution in [0.25, 0.3) is 0 Å². The molecular formula is C26H22BrClN2O4. The Balaban J connectivity index is 1.46. The molecule has 0 fully saturated rings. The number of nitrogens with zero attached hydrogens (tertiary/aromatic N) is 1. The molecule has 0 unspecified atom stereocenters. The third-order valence-corrected chi connectivity index (χ3v) is 7.46. The Kier molecular flexibility index (Phi) is 6.23. The summed E-state index contributed by atoms with van der Waals surface area (Å²) in [7, 11) is 1.62. The van der Waals surface area contributed by atoms with E-state index >= 15 is 0 Å². The molecule has 6 nitrogen and oxygen atoms in total. The number of nitro groups is 1. The number of hydrogen-bond acceptors (Lipinski definition) is 5. The van der Waals surface area contributed by atoms with Gasteiger partial charge in [-0.05, 0) is 63.7 Å². The Bertz CT molecular complexity index is 1300. The molecule has 0 spiro atoms. The lowest BCUT2D eigenvalue weighted by Gasteiger charge is -2.37. The summed E-state index contributed by atoms with van der Waals surface area (Å²) in [4.78, 5) is 11.0. The minimum atomic E-state index is -0.344. The van der Waals surface area contributed by atoms with Gasteiger partial charge in [-0.2, -0.15) is 0 Å². The second kappa shape index (κ2) is 9.31. The van der Waals surface area contributed by atoms with Crippen LogP contribution in [0.5, 0.6) is 11.5 Å². The molecule has 3 aromatic rings. The van der Waals surface area contributed by atoms with Crippen molar-refractivity contribution >= 4 is 38.9 Å². The van der Waals surface area contributed by atoms with Crippen LogP contribution < -0.4 is 14.8 Å². The largest absolute Gasteiger partial charge is 0.493 e. The lowest BCUT2D eigenvalue weighted by atomic mass is 9.77. The standard InChI is InChI=1S/C26H22BrClN2O4/c1-33-24-12-16(11-21(27)26(24)34-14-15-5-2-3-8-22(15)28)25-19-7-4-6-18(19)20-13-17(30(31)32)9-10-23(20)29-25/h2-6,8-13,18-19,25,29H,7,14H2,1H3/t18-,19+,25+/m1/s1. The van der Waals surface area contributed by atoms with Gasteiger partial charge in [-0.3, -0.25) is 10.1 Å². The third-order valence-electron chi connectivity index (χ3n) is 6.50. The van der Waals surface area contributed by atoms with E-state index in [1.807, 2.05) is 36.4 Å². The van der Waals surface area contributed by atoms with Gasteiger partial charge in [0.25, 0.3) is 5.69 Å². The second-order valence-corrected chi connectivity index (χ2v) is 9.68. The van der Waals surface area contributed by atoms with Crippen molar-refractivity contribution in [2.75, 3.05) is 12.4 Å². The lowest BCUT2D eigenvalue weighted by molar-refractivity contribution is -0.384. The first-order valence-corrected chi connectivity index (χ1v) is 12.1. The van der Waals surface area contributed by atoms with Crippen LogP contribution in [0.4, 0.5) is 11.4 Å². The first-order chi connectivity index (χ1) is 16.5. The predicted octanol–water partition coefficient (Wildman–Crippen LogP) is 7.42. The quantitative estimate of drug-likeness (QED) is 0.200. The molecule has 0 saturated carbocycles. The molecule has 34 heavy (non-hydrogen) atoms. The average molecular weight is 542 g/mol. The normalized spacial score (nSPS) is 20.3. The number of hydrogen-bond donors (Lipinski definition) is 1. The number of non-ortho nitro benzene ring substituents is 1. The van der Waals surface area contributed by atoms with E-state index in [0.29, 0.717) is 23.1 Å². The second-order valence-electron chi connectivity index (χ2n) is 8.42. The summed E-state index contributed by atoms with van der Waals surface area (Å²) in [6, 6.07) is 16.7. The van der Waals surface area contributed by atoms with Crippen molar-refractivity contribution in [2.24, 2.45) is 5.92 Å². The number of nitrogens with one attached hydrogen (secondary N) is 1. The lowest BCUT2D eigenvalue weighted by Crippen LogP contribution is -2.29. The van der Waals surface area contributed by atoms with E-state index in [4.69, 9.17) is 21.1 Å². The van der Waals surface area contributed by atoms with Gasteiger partial charge in [-0.15, -0.1) is 0 Å². The van der Waals surface area contributed by atoms with E-state index in [0.717, 1.165) is 33.3 Å². The molecule has 8 heteroatoms. The topological polar surface area (TPSA) is 73.6 Å². The molecule has 0 saturated heterocycles. The summed E-state index contributed by atoms with van der Waals surface area (Å²) >= 11 is 9.95. The van der Waals surface area contributed by atoms with Crippen LogP contribution in [-0.4, -0.2) is 12.0 Å². The molecule has 174 valence electrons.